The van der Waals surface area contributed by atoms with Gasteiger partial charge in [-0.05, 0) is 6.42 Å². The van der Waals surface area contributed by atoms with Crippen LogP contribution in [0.1, 0.15) is 41.0 Å². The van der Waals surface area contributed by atoms with E-state index >= 15 is 0 Å². The molecule has 0 fully saturated rings. The van der Waals surface area contributed by atoms with Gasteiger partial charge in [-0.2, -0.15) is 0 Å². The quantitative estimate of drug-likeness (QED) is 0.477. The monoisotopic (exact) mass is 318 g/mol. The van der Waals surface area contributed by atoms with Crippen molar-refractivity contribution in [3.63, 3.8) is 0 Å². The number of hydrogen-bond acceptors (Lipinski definition) is 8. The highest BCUT2D eigenvalue weighted by atomic mass is 16.6. The molecule has 0 amide bonds. The second-order valence-electron chi connectivity index (χ2n) is 4.58. The van der Waals surface area contributed by atoms with Crippen molar-refractivity contribution in [1.82, 2.24) is 0 Å². The van der Waals surface area contributed by atoms with Crippen LogP contribution in [0.3, 0.4) is 0 Å². The molecular formula is C14H22O8. The summed E-state index contributed by atoms with van der Waals surface area (Å²) in [6.45, 7) is 6.13. The molecule has 22 heavy (non-hydrogen) atoms. The van der Waals surface area contributed by atoms with E-state index in [4.69, 9.17) is 18.9 Å². The van der Waals surface area contributed by atoms with Gasteiger partial charge in [0.2, 0.25) is 0 Å². The van der Waals surface area contributed by atoms with Crippen molar-refractivity contribution in [2.24, 2.45) is 0 Å². The molecule has 3 atom stereocenters. The number of carbonyl (C=O) groups is 4. The van der Waals surface area contributed by atoms with Crippen LogP contribution in [0.15, 0.2) is 0 Å². The fourth-order valence-corrected chi connectivity index (χ4v) is 1.79. The third kappa shape index (κ3) is 8.23. The lowest BCUT2D eigenvalue weighted by atomic mass is 10.1. The molecule has 8 heteroatoms. The SMILES string of the molecule is CCC(OC(C)=O)C(OC(C)=O)C(COC(C)=O)OC(C)=O. The normalized spacial score (nSPS) is 14.2. The third-order valence-electron chi connectivity index (χ3n) is 2.52. The van der Waals surface area contributed by atoms with Crippen LogP contribution < -0.4 is 0 Å². The van der Waals surface area contributed by atoms with E-state index in [9.17, 15) is 19.2 Å². The summed E-state index contributed by atoms with van der Waals surface area (Å²) in [4.78, 5) is 44.6. The lowest BCUT2D eigenvalue weighted by Gasteiger charge is -2.31. The minimum atomic E-state index is -1.07. The molecule has 0 N–H and O–H groups in total. The summed E-state index contributed by atoms with van der Waals surface area (Å²) in [5.41, 5.74) is 0. The average molecular weight is 318 g/mol. The molecular weight excluding hydrogens is 296 g/mol. The highest BCUT2D eigenvalue weighted by Gasteiger charge is 2.36. The molecule has 0 radical (unpaired) electrons. The highest BCUT2D eigenvalue weighted by molar-refractivity contribution is 5.68. The molecule has 8 nitrogen and oxygen atoms in total. The van der Waals surface area contributed by atoms with Gasteiger partial charge in [-0.15, -0.1) is 0 Å². The summed E-state index contributed by atoms with van der Waals surface area (Å²) >= 11 is 0. The van der Waals surface area contributed by atoms with Gasteiger partial charge in [0.1, 0.15) is 12.7 Å². The highest BCUT2D eigenvalue weighted by Crippen LogP contribution is 2.17. The van der Waals surface area contributed by atoms with Crippen molar-refractivity contribution in [3.05, 3.63) is 0 Å². The number of carbonyl (C=O) groups excluding carboxylic acids is 4. The Bertz CT molecular complexity index is 417. The minimum absolute atomic E-state index is 0.315. The van der Waals surface area contributed by atoms with E-state index in [1.54, 1.807) is 6.92 Å². The van der Waals surface area contributed by atoms with Gasteiger partial charge < -0.3 is 18.9 Å². The molecule has 0 saturated carbocycles. The summed E-state index contributed by atoms with van der Waals surface area (Å²) in [7, 11) is 0. The Hall–Kier alpha value is -2.12. The molecule has 0 aliphatic carbocycles. The first-order chi connectivity index (χ1) is 10.2. The minimum Gasteiger partial charge on any atom is -0.462 e. The van der Waals surface area contributed by atoms with Crippen molar-refractivity contribution in [1.29, 1.82) is 0 Å². The van der Waals surface area contributed by atoms with E-state index in [0.717, 1.165) is 0 Å². The molecule has 0 heterocycles. The maximum Gasteiger partial charge on any atom is 0.303 e. The predicted octanol–water partition coefficient (Wildman–Crippen LogP) is 0.755. The third-order valence-corrected chi connectivity index (χ3v) is 2.52. The molecule has 0 aromatic carbocycles. The van der Waals surface area contributed by atoms with Crippen LogP contribution in [0.4, 0.5) is 0 Å². The van der Waals surface area contributed by atoms with E-state index in [2.05, 4.69) is 0 Å². The first-order valence-electron chi connectivity index (χ1n) is 6.82. The standard InChI is InChI=1S/C14H22O8/c1-6-12(20-9(3)16)14(22-11(5)18)13(21-10(4)17)7-19-8(2)15/h12-14H,6-7H2,1-5H3. The summed E-state index contributed by atoms with van der Waals surface area (Å²) in [5, 5.41) is 0. The molecule has 0 spiro atoms. The molecule has 3 unspecified atom stereocenters. The van der Waals surface area contributed by atoms with Crippen molar-refractivity contribution in [3.8, 4) is 0 Å². The Labute approximate surface area is 129 Å². The second-order valence-corrected chi connectivity index (χ2v) is 4.58. The maximum atomic E-state index is 11.3. The first kappa shape index (κ1) is 19.9. The number of esters is 4. The lowest BCUT2D eigenvalue weighted by Crippen LogP contribution is -2.47. The van der Waals surface area contributed by atoms with Gasteiger partial charge >= 0.3 is 23.9 Å². The summed E-state index contributed by atoms with van der Waals surface area (Å²) in [6.07, 6.45) is -2.67. The van der Waals surface area contributed by atoms with Gasteiger partial charge in [-0.25, -0.2) is 0 Å². The first-order valence-corrected chi connectivity index (χ1v) is 6.82. The second kappa shape index (κ2) is 9.75. The van der Waals surface area contributed by atoms with Crippen molar-refractivity contribution in [2.75, 3.05) is 6.61 Å². The molecule has 0 aromatic heterocycles. The van der Waals surface area contributed by atoms with Crippen LogP contribution in [0.25, 0.3) is 0 Å². The fourth-order valence-electron chi connectivity index (χ4n) is 1.79. The van der Waals surface area contributed by atoms with Crippen molar-refractivity contribution in [2.45, 2.75) is 59.4 Å². The van der Waals surface area contributed by atoms with Gasteiger partial charge in [-0.3, -0.25) is 19.2 Å². The molecule has 0 saturated heterocycles. The van der Waals surface area contributed by atoms with Crippen LogP contribution in [-0.2, 0) is 38.1 Å². The Kier molecular flexibility index (Phi) is 8.81. The molecule has 0 aliphatic heterocycles. The fraction of sp³-hybridized carbons (Fsp3) is 0.714. The van der Waals surface area contributed by atoms with Gasteiger partial charge in [0.25, 0.3) is 0 Å². The Morgan fingerprint density at radius 2 is 1.18 bits per heavy atom. The number of hydrogen-bond donors (Lipinski definition) is 0. The van der Waals surface area contributed by atoms with Crippen LogP contribution in [0, 0.1) is 0 Å². The van der Waals surface area contributed by atoms with Crippen molar-refractivity contribution >= 4 is 23.9 Å². The molecule has 0 aliphatic rings. The van der Waals surface area contributed by atoms with E-state index in [0.29, 0.717) is 6.42 Å². The van der Waals surface area contributed by atoms with Crippen LogP contribution in [0.2, 0.25) is 0 Å². The zero-order valence-electron chi connectivity index (χ0n) is 13.4. The summed E-state index contributed by atoms with van der Waals surface area (Å²) in [6, 6.07) is 0. The number of ether oxygens (including phenoxy) is 4. The molecule has 0 aromatic rings. The number of rotatable bonds is 8. The topological polar surface area (TPSA) is 105 Å². The van der Waals surface area contributed by atoms with E-state index in [1.165, 1.54) is 27.7 Å². The molecule has 0 bridgehead atoms. The van der Waals surface area contributed by atoms with Gasteiger partial charge in [0.15, 0.2) is 12.2 Å². The van der Waals surface area contributed by atoms with Gasteiger partial charge in [0.05, 0.1) is 0 Å². The van der Waals surface area contributed by atoms with Gasteiger partial charge in [-0.1, -0.05) is 6.92 Å². The van der Waals surface area contributed by atoms with E-state index < -0.39 is 42.2 Å². The largest absolute Gasteiger partial charge is 0.462 e. The summed E-state index contributed by atoms with van der Waals surface area (Å²) < 4.78 is 20.1. The van der Waals surface area contributed by atoms with E-state index in [1.807, 2.05) is 0 Å². The predicted molar refractivity (Wildman–Crippen MR) is 73.6 cm³/mol. The summed E-state index contributed by atoms with van der Waals surface area (Å²) in [5.74, 6) is -2.44. The smallest absolute Gasteiger partial charge is 0.303 e. The van der Waals surface area contributed by atoms with E-state index in [-0.39, 0.29) is 6.61 Å². The maximum absolute atomic E-state index is 11.3. The molecule has 0 rings (SSSR count). The average Bonchev–Trinajstić information content (AvgIpc) is 2.37. The van der Waals surface area contributed by atoms with Crippen LogP contribution in [0.5, 0.6) is 0 Å². The van der Waals surface area contributed by atoms with Crippen LogP contribution >= 0.6 is 0 Å². The van der Waals surface area contributed by atoms with Gasteiger partial charge in [0, 0.05) is 27.7 Å². The zero-order valence-corrected chi connectivity index (χ0v) is 13.4. The van der Waals surface area contributed by atoms with Crippen LogP contribution in [-0.4, -0.2) is 48.8 Å². The lowest BCUT2D eigenvalue weighted by molar-refractivity contribution is -0.189. The Morgan fingerprint density at radius 3 is 1.55 bits per heavy atom. The molecule has 126 valence electrons. The van der Waals surface area contributed by atoms with Crippen molar-refractivity contribution < 1.29 is 38.1 Å². The zero-order chi connectivity index (χ0) is 17.3. The Balaban J connectivity index is 5.30. The Morgan fingerprint density at radius 1 is 0.727 bits per heavy atom.